The number of ether oxygens (including phenoxy) is 1. The number of hydrogen-bond donors (Lipinski definition) is 3. The van der Waals surface area contributed by atoms with E-state index in [9.17, 15) is 15.0 Å². The van der Waals surface area contributed by atoms with Gasteiger partial charge in [-0.05, 0) is 40.3 Å². The Kier molecular flexibility index (Phi) is 5.76. The van der Waals surface area contributed by atoms with Crippen molar-refractivity contribution in [2.24, 2.45) is 0 Å². The maximum atomic E-state index is 12.0. The molecule has 1 aliphatic rings. The number of imidazole rings is 1. The number of aliphatic hydroxyl groups excluding tert-OH is 2. The fraction of sp³-hybridized carbons (Fsp3) is 0.368. The van der Waals surface area contributed by atoms with E-state index in [1.165, 1.54) is 17.2 Å². The molecule has 0 radical (unpaired) electrons. The van der Waals surface area contributed by atoms with Crippen LogP contribution in [0.3, 0.4) is 0 Å². The second kappa shape index (κ2) is 8.30. The quantitative estimate of drug-likeness (QED) is 0.429. The summed E-state index contributed by atoms with van der Waals surface area (Å²) in [4.78, 5) is 24.9. The Labute approximate surface area is 180 Å². The Morgan fingerprint density at radius 1 is 1.28 bits per heavy atom. The minimum absolute atomic E-state index is 0.209. The molecule has 0 saturated carbocycles. The first kappa shape index (κ1) is 20.1. The average molecular weight is 509 g/mol. The van der Waals surface area contributed by atoms with Crippen LogP contribution in [0.5, 0.6) is 0 Å². The molecule has 0 aliphatic carbocycles. The molecule has 10 heteroatoms. The molecular weight excluding hydrogens is 489 g/mol. The van der Waals surface area contributed by atoms with Crippen LogP contribution in [0, 0.1) is 3.57 Å². The van der Waals surface area contributed by atoms with Crippen LogP contribution in [0.1, 0.15) is 25.1 Å². The third-order valence-electron chi connectivity index (χ3n) is 4.89. The van der Waals surface area contributed by atoms with Crippen molar-refractivity contribution in [2.45, 2.75) is 44.4 Å². The number of nitrogens with one attached hydrogen (secondary N) is 1. The molecule has 3 heterocycles. The van der Waals surface area contributed by atoms with Crippen LogP contribution in [0.15, 0.2) is 36.9 Å². The number of rotatable bonds is 6. The monoisotopic (exact) mass is 509 g/mol. The van der Waals surface area contributed by atoms with E-state index in [2.05, 4.69) is 48.9 Å². The Morgan fingerprint density at radius 2 is 2.10 bits per heavy atom. The van der Waals surface area contributed by atoms with Gasteiger partial charge in [-0.25, -0.2) is 15.0 Å². The molecule has 4 atom stereocenters. The standard InChI is InChI=1S/C19H20IN5O4/c1-2-12(26)16-14(27)15(28)19(29-16)25-9-24-13-17(22-8-23-18(13)25)21-7-10-4-3-5-11(20)6-10/h3-6,8-9,14-16,19,27-28H,2,7H2,1H3,(H,21,22,23)/t14-,15?,16-,19-/m1/s1. The lowest BCUT2D eigenvalue weighted by Gasteiger charge is -2.16. The fourth-order valence-electron chi connectivity index (χ4n) is 3.36. The highest BCUT2D eigenvalue weighted by Gasteiger charge is 2.47. The normalized spacial score (nSPS) is 24.1. The molecule has 0 spiro atoms. The molecule has 3 N–H and O–H groups in total. The van der Waals surface area contributed by atoms with Crippen molar-refractivity contribution in [1.29, 1.82) is 0 Å². The van der Waals surface area contributed by atoms with Crippen molar-refractivity contribution in [3.8, 4) is 0 Å². The molecule has 1 fully saturated rings. The number of fused-ring (bicyclic) bond motifs is 1. The average Bonchev–Trinajstić information content (AvgIpc) is 3.28. The summed E-state index contributed by atoms with van der Waals surface area (Å²) in [6.45, 7) is 2.24. The molecule has 2 aromatic heterocycles. The number of nitrogens with zero attached hydrogens (tertiary/aromatic N) is 4. The predicted octanol–water partition coefficient (Wildman–Crippen LogP) is 1.64. The third kappa shape index (κ3) is 3.84. The van der Waals surface area contributed by atoms with Crippen LogP contribution in [-0.4, -0.2) is 53.8 Å². The second-order valence-electron chi connectivity index (χ2n) is 6.78. The highest BCUT2D eigenvalue weighted by atomic mass is 127. The summed E-state index contributed by atoms with van der Waals surface area (Å²) in [5.41, 5.74) is 2.04. The first-order valence-electron chi connectivity index (χ1n) is 9.19. The van der Waals surface area contributed by atoms with Gasteiger partial charge in [0.25, 0.3) is 0 Å². The predicted molar refractivity (Wildman–Crippen MR) is 113 cm³/mol. The van der Waals surface area contributed by atoms with E-state index in [1.807, 2.05) is 18.2 Å². The van der Waals surface area contributed by atoms with Gasteiger partial charge in [-0.3, -0.25) is 9.36 Å². The molecule has 29 heavy (non-hydrogen) atoms. The van der Waals surface area contributed by atoms with Crippen molar-refractivity contribution >= 4 is 45.4 Å². The summed E-state index contributed by atoms with van der Waals surface area (Å²) in [7, 11) is 0. The van der Waals surface area contributed by atoms with Crippen LogP contribution in [0.2, 0.25) is 0 Å². The number of benzene rings is 1. The van der Waals surface area contributed by atoms with E-state index in [0.717, 1.165) is 9.13 Å². The summed E-state index contributed by atoms with van der Waals surface area (Å²) < 4.78 is 8.32. The molecule has 9 nitrogen and oxygen atoms in total. The van der Waals surface area contributed by atoms with Gasteiger partial charge in [-0.2, -0.15) is 0 Å². The Morgan fingerprint density at radius 3 is 2.86 bits per heavy atom. The summed E-state index contributed by atoms with van der Waals surface area (Å²) in [6, 6.07) is 8.09. The number of hydrogen-bond acceptors (Lipinski definition) is 8. The first-order chi connectivity index (χ1) is 14.0. The molecule has 0 amide bonds. The smallest absolute Gasteiger partial charge is 0.167 e. The van der Waals surface area contributed by atoms with Crippen molar-refractivity contribution in [2.75, 3.05) is 5.32 Å². The van der Waals surface area contributed by atoms with Gasteiger partial charge >= 0.3 is 0 Å². The number of anilines is 1. The topological polar surface area (TPSA) is 122 Å². The van der Waals surface area contributed by atoms with Crippen molar-refractivity contribution in [3.63, 3.8) is 0 Å². The number of carbonyl (C=O) groups excluding carboxylic acids is 1. The van der Waals surface area contributed by atoms with Crippen LogP contribution in [-0.2, 0) is 16.1 Å². The molecule has 1 aromatic carbocycles. The number of aliphatic hydroxyl groups is 2. The van der Waals surface area contributed by atoms with E-state index in [4.69, 9.17) is 4.74 Å². The van der Waals surface area contributed by atoms with Gasteiger partial charge in [-0.15, -0.1) is 0 Å². The van der Waals surface area contributed by atoms with Gasteiger partial charge in [0.05, 0.1) is 6.33 Å². The molecule has 1 unspecified atom stereocenters. The van der Waals surface area contributed by atoms with E-state index >= 15 is 0 Å². The van der Waals surface area contributed by atoms with Gasteiger partial charge in [-0.1, -0.05) is 19.1 Å². The molecule has 4 rings (SSSR count). The highest BCUT2D eigenvalue weighted by molar-refractivity contribution is 14.1. The van der Waals surface area contributed by atoms with E-state index in [-0.39, 0.29) is 12.2 Å². The van der Waals surface area contributed by atoms with Crippen LogP contribution >= 0.6 is 22.6 Å². The lowest BCUT2D eigenvalue weighted by molar-refractivity contribution is -0.135. The SMILES string of the molecule is CCC(=O)[C@H]1O[C@@H](n2cnc3c(NCc4cccc(I)c4)ncnc32)C(O)[C@H]1O. The third-order valence-corrected chi connectivity index (χ3v) is 5.56. The fourth-order valence-corrected chi connectivity index (χ4v) is 3.96. The van der Waals surface area contributed by atoms with Crippen LogP contribution in [0.25, 0.3) is 11.2 Å². The van der Waals surface area contributed by atoms with Crippen molar-refractivity contribution in [1.82, 2.24) is 19.5 Å². The highest BCUT2D eigenvalue weighted by Crippen LogP contribution is 2.33. The minimum Gasteiger partial charge on any atom is -0.387 e. The Balaban J connectivity index is 1.60. The Bertz CT molecular complexity index is 1040. The first-order valence-corrected chi connectivity index (χ1v) is 10.3. The summed E-state index contributed by atoms with van der Waals surface area (Å²) in [5.74, 6) is 0.278. The molecule has 1 saturated heterocycles. The summed E-state index contributed by atoms with van der Waals surface area (Å²) in [5, 5.41) is 23.9. The van der Waals surface area contributed by atoms with E-state index in [0.29, 0.717) is 23.5 Å². The molecule has 3 aromatic rings. The van der Waals surface area contributed by atoms with Crippen LogP contribution in [0.4, 0.5) is 5.82 Å². The summed E-state index contributed by atoms with van der Waals surface area (Å²) >= 11 is 2.26. The van der Waals surface area contributed by atoms with E-state index < -0.39 is 24.5 Å². The van der Waals surface area contributed by atoms with Crippen LogP contribution < -0.4 is 5.32 Å². The lowest BCUT2D eigenvalue weighted by atomic mass is 10.1. The zero-order valence-corrected chi connectivity index (χ0v) is 17.7. The van der Waals surface area contributed by atoms with E-state index in [1.54, 1.807) is 6.92 Å². The number of aromatic nitrogens is 4. The molecule has 1 aliphatic heterocycles. The zero-order chi connectivity index (χ0) is 20.5. The number of halogens is 1. The maximum absolute atomic E-state index is 12.0. The largest absolute Gasteiger partial charge is 0.387 e. The van der Waals surface area contributed by atoms with Gasteiger partial charge in [0.2, 0.25) is 0 Å². The van der Waals surface area contributed by atoms with Gasteiger partial charge < -0.3 is 20.3 Å². The molecule has 0 bridgehead atoms. The Hall–Kier alpha value is -2.15. The van der Waals surface area contributed by atoms with Gasteiger partial charge in [0.15, 0.2) is 29.0 Å². The maximum Gasteiger partial charge on any atom is 0.167 e. The van der Waals surface area contributed by atoms with Gasteiger partial charge in [0, 0.05) is 16.5 Å². The van der Waals surface area contributed by atoms with Gasteiger partial charge in [0.1, 0.15) is 24.6 Å². The number of carbonyl (C=O) groups is 1. The number of ketones is 1. The lowest BCUT2D eigenvalue weighted by Crippen LogP contribution is -2.35. The summed E-state index contributed by atoms with van der Waals surface area (Å²) in [6.07, 6.45) is -1.54. The molecule has 152 valence electrons. The number of Topliss-reactive ketones (excluding diaryl/α,β-unsaturated/α-hetero) is 1. The molecular formula is C19H20IN5O4. The minimum atomic E-state index is -1.30. The second-order valence-corrected chi connectivity index (χ2v) is 8.02. The van der Waals surface area contributed by atoms with Crippen molar-refractivity contribution in [3.05, 3.63) is 46.1 Å². The zero-order valence-electron chi connectivity index (χ0n) is 15.6. The van der Waals surface area contributed by atoms with Crippen molar-refractivity contribution < 1.29 is 19.7 Å².